The molecule has 0 fully saturated rings. The molecule has 0 radical (unpaired) electrons. The van der Waals surface area contributed by atoms with Crippen molar-refractivity contribution in [3.05, 3.63) is 12.1 Å². The van der Waals surface area contributed by atoms with Gasteiger partial charge in [0.25, 0.3) is 0 Å². The summed E-state index contributed by atoms with van der Waals surface area (Å²) in [5.41, 5.74) is 0. The number of nitrogens with one attached hydrogen (secondary N) is 1. The fraction of sp³-hybridized carbons (Fsp3) is 0.615. The fourth-order valence-electron chi connectivity index (χ4n) is 1.54. The molecule has 0 spiro atoms. The highest BCUT2D eigenvalue weighted by molar-refractivity contribution is 5.89. The molecule has 0 atom stereocenters. The summed E-state index contributed by atoms with van der Waals surface area (Å²) in [6, 6.07) is 3.67. The first-order valence-electron chi connectivity index (χ1n) is 6.52. The van der Waals surface area contributed by atoms with Gasteiger partial charge in [0.2, 0.25) is 5.91 Å². The Labute approximate surface area is 109 Å². The Kier molecular flexibility index (Phi) is 6.11. The molecule has 0 aromatic carbocycles. The molecular formula is C13H22N4O. The Morgan fingerprint density at radius 3 is 2.61 bits per heavy atom. The second-order valence-corrected chi connectivity index (χ2v) is 4.35. The summed E-state index contributed by atoms with van der Waals surface area (Å²) >= 11 is 0. The fourth-order valence-corrected chi connectivity index (χ4v) is 1.54. The lowest BCUT2D eigenvalue weighted by atomic mass is 10.3. The molecule has 0 saturated heterocycles. The summed E-state index contributed by atoms with van der Waals surface area (Å²) in [6.45, 7) is 5.09. The maximum Gasteiger partial charge on any atom is 0.225 e. The molecule has 5 nitrogen and oxygen atoms in total. The maximum absolute atomic E-state index is 11.4. The summed E-state index contributed by atoms with van der Waals surface area (Å²) in [5, 5.41) is 10.8. The molecule has 1 heterocycles. The van der Waals surface area contributed by atoms with E-state index < -0.39 is 0 Å². The lowest BCUT2D eigenvalue weighted by molar-refractivity contribution is -0.116. The smallest absolute Gasteiger partial charge is 0.225 e. The standard InChI is InChI=1S/C13H22N4O/c1-4-6-10-17(3)12-9-8-11(15-16-12)14-13(18)7-5-2/h8-9H,4-7,10H2,1-3H3,(H,14,15,18). The normalized spacial score (nSPS) is 10.2. The Bertz CT molecular complexity index is 364. The SMILES string of the molecule is CCCCN(C)c1ccc(NC(=O)CCC)nn1. The molecule has 0 unspecified atom stereocenters. The maximum atomic E-state index is 11.4. The molecule has 1 amide bonds. The Morgan fingerprint density at radius 1 is 1.28 bits per heavy atom. The topological polar surface area (TPSA) is 58.1 Å². The molecule has 0 aliphatic carbocycles. The third-order valence-electron chi connectivity index (χ3n) is 2.63. The zero-order valence-corrected chi connectivity index (χ0v) is 11.4. The highest BCUT2D eigenvalue weighted by Crippen LogP contribution is 2.11. The van der Waals surface area contributed by atoms with Gasteiger partial charge in [0.15, 0.2) is 11.6 Å². The molecule has 1 rings (SSSR count). The number of carbonyl (C=O) groups excluding carboxylic acids is 1. The van der Waals surface area contributed by atoms with Gasteiger partial charge in [0.1, 0.15) is 0 Å². The highest BCUT2D eigenvalue weighted by Gasteiger charge is 2.05. The average Bonchev–Trinajstić information content (AvgIpc) is 2.37. The van der Waals surface area contributed by atoms with Gasteiger partial charge in [-0.2, -0.15) is 0 Å². The molecule has 100 valence electrons. The molecule has 1 aromatic rings. The van der Waals surface area contributed by atoms with Crippen molar-refractivity contribution in [2.45, 2.75) is 39.5 Å². The molecule has 0 aliphatic rings. The second-order valence-electron chi connectivity index (χ2n) is 4.35. The van der Waals surface area contributed by atoms with Gasteiger partial charge in [-0.15, -0.1) is 10.2 Å². The average molecular weight is 250 g/mol. The number of rotatable bonds is 7. The van der Waals surface area contributed by atoms with Crippen LogP contribution in [0.25, 0.3) is 0 Å². The molecule has 1 N–H and O–H groups in total. The van der Waals surface area contributed by atoms with Gasteiger partial charge in [-0.25, -0.2) is 0 Å². The van der Waals surface area contributed by atoms with Gasteiger partial charge in [0, 0.05) is 20.0 Å². The van der Waals surface area contributed by atoms with Gasteiger partial charge in [-0.05, 0) is 25.0 Å². The third-order valence-corrected chi connectivity index (χ3v) is 2.63. The van der Waals surface area contributed by atoms with Gasteiger partial charge in [0.05, 0.1) is 0 Å². The van der Waals surface area contributed by atoms with Crippen LogP contribution >= 0.6 is 0 Å². The number of aromatic nitrogens is 2. The second kappa shape index (κ2) is 7.63. The molecule has 0 saturated carbocycles. The third kappa shape index (κ3) is 4.69. The Balaban J connectivity index is 2.54. The first-order chi connectivity index (χ1) is 8.67. The predicted octanol–water partition coefficient (Wildman–Crippen LogP) is 2.45. The first kappa shape index (κ1) is 14.4. The molecule has 18 heavy (non-hydrogen) atoms. The number of amides is 1. The minimum Gasteiger partial charge on any atom is -0.358 e. The van der Waals surface area contributed by atoms with Crippen LogP contribution in [-0.4, -0.2) is 29.7 Å². The zero-order valence-electron chi connectivity index (χ0n) is 11.4. The highest BCUT2D eigenvalue weighted by atomic mass is 16.1. The molecule has 0 bridgehead atoms. The van der Waals surface area contributed by atoms with Crippen LogP contribution in [0.5, 0.6) is 0 Å². The van der Waals surface area contributed by atoms with Crippen LogP contribution in [0, 0.1) is 0 Å². The van der Waals surface area contributed by atoms with E-state index in [1.54, 1.807) is 6.07 Å². The van der Waals surface area contributed by atoms with Crippen LogP contribution in [-0.2, 0) is 4.79 Å². The van der Waals surface area contributed by atoms with Crippen molar-refractivity contribution in [3.63, 3.8) is 0 Å². The van der Waals surface area contributed by atoms with Crippen LogP contribution in [0.2, 0.25) is 0 Å². The van der Waals surface area contributed by atoms with Crippen LogP contribution < -0.4 is 10.2 Å². The van der Waals surface area contributed by atoms with E-state index >= 15 is 0 Å². The summed E-state index contributed by atoms with van der Waals surface area (Å²) in [7, 11) is 2.00. The number of hydrogen-bond donors (Lipinski definition) is 1. The van der Waals surface area contributed by atoms with Crippen molar-refractivity contribution >= 4 is 17.5 Å². The van der Waals surface area contributed by atoms with Crippen LogP contribution in [0.1, 0.15) is 39.5 Å². The van der Waals surface area contributed by atoms with Crippen molar-refractivity contribution in [2.24, 2.45) is 0 Å². The van der Waals surface area contributed by atoms with Crippen LogP contribution in [0.4, 0.5) is 11.6 Å². The van der Waals surface area contributed by atoms with Crippen LogP contribution in [0.15, 0.2) is 12.1 Å². The van der Waals surface area contributed by atoms with E-state index in [4.69, 9.17) is 0 Å². The van der Waals surface area contributed by atoms with E-state index in [1.165, 1.54) is 0 Å². The number of anilines is 2. The number of unbranched alkanes of at least 4 members (excludes halogenated alkanes) is 1. The lowest BCUT2D eigenvalue weighted by Crippen LogP contribution is -2.20. The van der Waals surface area contributed by atoms with Gasteiger partial charge < -0.3 is 10.2 Å². The van der Waals surface area contributed by atoms with Crippen molar-refractivity contribution in [1.29, 1.82) is 0 Å². The summed E-state index contributed by atoms with van der Waals surface area (Å²) in [4.78, 5) is 13.4. The van der Waals surface area contributed by atoms with Gasteiger partial charge in [-0.1, -0.05) is 20.3 Å². The van der Waals surface area contributed by atoms with Crippen molar-refractivity contribution < 1.29 is 4.79 Å². The van der Waals surface area contributed by atoms with E-state index in [0.717, 1.165) is 31.6 Å². The van der Waals surface area contributed by atoms with E-state index in [2.05, 4.69) is 27.3 Å². The van der Waals surface area contributed by atoms with E-state index in [9.17, 15) is 4.79 Å². The zero-order chi connectivity index (χ0) is 13.4. The molecular weight excluding hydrogens is 228 g/mol. The number of carbonyl (C=O) groups is 1. The van der Waals surface area contributed by atoms with E-state index in [1.807, 2.05) is 20.0 Å². The summed E-state index contributed by atoms with van der Waals surface area (Å²) in [5.74, 6) is 1.33. The molecule has 5 heteroatoms. The van der Waals surface area contributed by atoms with Crippen molar-refractivity contribution in [2.75, 3.05) is 23.8 Å². The van der Waals surface area contributed by atoms with Crippen LogP contribution in [0.3, 0.4) is 0 Å². The first-order valence-corrected chi connectivity index (χ1v) is 6.52. The Hall–Kier alpha value is -1.65. The molecule has 0 aliphatic heterocycles. The summed E-state index contributed by atoms with van der Waals surface area (Å²) < 4.78 is 0. The largest absolute Gasteiger partial charge is 0.358 e. The predicted molar refractivity (Wildman–Crippen MR) is 73.7 cm³/mol. The number of nitrogens with zero attached hydrogens (tertiary/aromatic N) is 3. The van der Waals surface area contributed by atoms with Crippen molar-refractivity contribution in [1.82, 2.24) is 10.2 Å². The number of hydrogen-bond acceptors (Lipinski definition) is 4. The minimum absolute atomic E-state index is 0.0149. The monoisotopic (exact) mass is 250 g/mol. The quantitative estimate of drug-likeness (QED) is 0.807. The van der Waals surface area contributed by atoms with Gasteiger partial charge in [-0.3, -0.25) is 4.79 Å². The summed E-state index contributed by atoms with van der Waals surface area (Å²) in [6.07, 6.45) is 3.63. The lowest BCUT2D eigenvalue weighted by Gasteiger charge is -2.16. The van der Waals surface area contributed by atoms with Crippen molar-refractivity contribution in [3.8, 4) is 0 Å². The van der Waals surface area contributed by atoms with E-state index in [0.29, 0.717) is 12.2 Å². The minimum atomic E-state index is -0.0149. The van der Waals surface area contributed by atoms with Gasteiger partial charge >= 0.3 is 0 Å². The molecule has 1 aromatic heterocycles. The van der Waals surface area contributed by atoms with E-state index in [-0.39, 0.29) is 5.91 Å². The Morgan fingerprint density at radius 2 is 2.06 bits per heavy atom.